The largest absolute Gasteiger partial charge is 0.457 e. The molecule has 0 heterocycles. The molecular weight excluding hydrogens is 318 g/mol. The van der Waals surface area contributed by atoms with Gasteiger partial charge in [-0.15, -0.1) is 0 Å². The molecule has 108 valence electrons. The molecule has 0 bridgehead atoms. The van der Waals surface area contributed by atoms with Crippen LogP contribution < -0.4 is 4.74 Å². The van der Waals surface area contributed by atoms with E-state index in [0.717, 1.165) is 6.07 Å². The van der Waals surface area contributed by atoms with Crippen molar-refractivity contribution in [3.8, 4) is 11.5 Å². The Balaban J connectivity index is 2.42. The van der Waals surface area contributed by atoms with E-state index in [1.807, 2.05) is 0 Å². The van der Waals surface area contributed by atoms with Gasteiger partial charge >= 0.3 is 0 Å². The number of rotatable bonds is 4. The van der Waals surface area contributed by atoms with Gasteiger partial charge in [0.15, 0.2) is 0 Å². The second kappa shape index (κ2) is 6.02. The molecule has 0 saturated heterocycles. The number of halogens is 1. The lowest BCUT2D eigenvalue weighted by Crippen LogP contribution is -1.99. The topological polar surface area (TPSA) is 112 Å². The average Bonchev–Trinajstić information content (AvgIpc) is 2.42. The summed E-state index contributed by atoms with van der Waals surface area (Å²) in [6.07, 6.45) is 0. The van der Waals surface area contributed by atoms with E-state index in [9.17, 15) is 8.42 Å². The van der Waals surface area contributed by atoms with Crippen LogP contribution in [0.25, 0.3) is 10.4 Å². The highest BCUT2D eigenvalue weighted by Gasteiger charge is 2.16. The van der Waals surface area contributed by atoms with Crippen molar-refractivity contribution in [1.29, 1.82) is 0 Å². The lowest BCUT2D eigenvalue weighted by molar-refractivity contribution is 0.472. The molecule has 0 aromatic heterocycles. The van der Waals surface area contributed by atoms with Gasteiger partial charge in [0.05, 0.1) is 5.69 Å². The Morgan fingerprint density at radius 2 is 1.76 bits per heavy atom. The predicted molar refractivity (Wildman–Crippen MR) is 76.6 cm³/mol. The average molecular weight is 326 g/mol. The van der Waals surface area contributed by atoms with E-state index < -0.39 is 15.0 Å². The van der Waals surface area contributed by atoms with Crippen molar-refractivity contribution in [3.05, 3.63) is 57.9 Å². The lowest BCUT2D eigenvalue weighted by Gasteiger charge is -2.08. The van der Waals surface area contributed by atoms with Gasteiger partial charge in [-0.3, -0.25) is 4.55 Å². The second-order valence-corrected chi connectivity index (χ2v) is 5.68. The van der Waals surface area contributed by atoms with Crippen LogP contribution >= 0.6 is 11.6 Å². The molecule has 7 nitrogen and oxygen atoms in total. The molecule has 0 aliphatic rings. The molecule has 1 N–H and O–H groups in total. The van der Waals surface area contributed by atoms with Gasteiger partial charge in [-0.1, -0.05) is 16.7 Å². The third kappa shape index (κ3) is 3.87. The van der Waals surface area contributed by atoms with Crippen LogP contribution in [-0.2, 0) is 10.1 Å². The molecule has 2 aromatic rings. The van der Waals surface area contributed by atoms with Gasteiger partial charge in [-0.05, 0) is 41.9 Å². The van der Waals surface area contributed by atoms with Gasteiger partial charge in [0.2, 0.25) is 0 Å². The molecule has 0 aliphatic heterocycles. The van der Waals surface area contributed by atoms with E-state index in [1.54, 1.807) is 24.3 Å². The highest BCUT2D eigenvalue weighted by atomic mass is 35.5. The molecule has 2 aromatic carbocycles. The third-order valence-corrected chi connectivity index (χ3v) is 3.55. The van der Waals surface area contributed by atoms with Gasteiger partial charge in [0.25, 0.3) is 10.1 Å². The standard InChI is InChI=1S/C12H8ClN3O4S/c13-8-1-3-9(4-2-8)20-10-5-6-11(15-16-14)12(7-10)21(17,18)19/h1-7H,(H,17,18,19). The molecule has 0 amide bonds. The lowest BCUT2D eigenvalue weighted by atomic mass is 10.3. The molecule has 0 saturated carbocycles. The number of hydrogen-bond acceptors (Lipinski definition) is 4. The first-order valence-electron chi connectivity index (χ1n) is 5.50. The Kier molecular flexibility index (Phi) is 4.35. The van der Waals surface area contributed by atoms with Crippen molar-refractivity contribution in [2.45, 2.75) is 4.90 Å². The summed E-state index contributed by atoms with van der Waals surface area (Å²) in [6.45, 7) is 0. The van der Waals surface area contributed by atoms with Gasteiger partial charge in [0, 0.05) is 16.0 Å². The maximum Gasteiger partial charge on any atom is 0.295 e. The summed E-state index contributed by atoms with van der Waals surface area (Å²) >= 11 is 5.74. The van der Waals surface area contributed by atoms with Gasteiger partial charge in [0.1, 0.15) is 16.4 Å². The fourth-order valence-electron chi connectivity index (χ4n) is 1.53. The molecular formula is C12H8ClN3O4S. The van der Waals surface area contributed by atoms with Crippen molar-refractivity contribution in [3.63, 3.8) is 0 Å². The van der Waals surface area contributed by atoms with Crippen LogP contribution in [0.4, 0.5) is 5.69 Å². The summed E-state index contributed by atoms with van der Waals surface area (Å²) < 4.78 is 37.1. The smallest absolute Gasteiger partial charge is 0.295 e. The van der Waals surface area contributed by atoms with Gasteiger partial charge < -0.3 is 4.74 Å². The Morgan fingerprint density at radius 3 is 2.33 bits per heavy atom. The predicted octanol–water partition coefficient (Wildman–Crippen LogP) is 4.32. The van der Waals surface area contributed by atoms with E-state index in [4.69, 9.17) is 26.4 Å². The Labute approximate surface area is 125 Å². The molecule has 0 aliphatic carbocycles. The maximum absolute atomic E-state index is 11.3. The second-order valence-electron chi connectivity index (χ2n) is 3.85. The van der Waals surface area contributed by atoms with E-state index in [0.29, 0.717) is 10.8 Å². The molecule has 0 atom stereocenters. The van der Waals surface area contributed by atoms with Crippen molar-refractivity contribution in [2.24, 2.45) is 5.11 Å². The molecule has 0 spiro atoms. The molecule has 0 unspecified atom stereocenters. The quantitative estimate of drug-likeness (QED) is 0.390. The van der Waals surface area contributed by atoms with Crippen molar-refractivity contribution in [1.82, 2.24) is 0 Å². The first-order valence-corrected chi connectivity index (χ1v) is 7.32. The minimum absolute atomic E-state index is 0.154. The minimum Gasteiger partial charge on any atom is -0.457 e. The molecule has 0 fully saturated rings. The summed E-state index contributed by atoms with van der Waals surface area (Å²) in [4.78, 5) is 1.96. The van der Waals surface area contributed by atoms with Crippen LogP contribution in [0.3, 0.4) is 0 Å². The number of ether oxygens (including phenoxy) is 1. The molecule has 0 radical (unpaired) electrons. The number of benzene rings is 2. The summed E-state index contributed by atoms with van der Waals surface area (Å²) in [5, 5.41) is 3.73. The monoisotopic (exact) mass is 325 g/mol. The first-order chi connectivity index (χ1) is 9.90. The zero-order valence-corrected chi connectivity index (χ0v) is 11.9. The highest BCUT2D eigenvalue weighted by Crippen LogP contribution is 2.31. The van der Waals surface area contributed by atoms with Crippen molar-refractivity contribution < 1.29 is 17.7 Å². The Bertz CT molecular complexity index is 815. The van der Waals surface area contributed by atoms with Crippen LogP contribution in [-0.4, -0.2) is 13.0 Å². The number of azide groups is 1. The number of nitrogens with zero attached hydrogens (tertiary/aromatic N) is 3. The fourth-order valence-corrected chi connectivity index (χ4v) is 2.30. The van der Waals surface area contributed by atoms with Crippen LogP contribution in [0.1, 0.15) is 0 Å². The van der Waals surface area contributed by atoms with E-state index in [2.05, 4.69) is 10.0 Å². The first kappa shape index (κ1) is 15.1. The minimum atomic E-state index is -4.54. The molecule has 21 heavy (non-hydrogen) atoms. The van der Waals surface area contributed by atoms with E-state index >= 15 is 0 Å². The van der Waals surface area contributed by atoms with Crippen molar-refractivity contribution >= 4 is 27.4 Å². The van der Waals surface area contributed by atoms with E-state index in [1.165, 1.54) is 12.1 Å². The highest BCUT2D eigenvalue weighted by molar-refractivity contribution is 7.86. The zero-order chi connectivity index (χ0) is 15.5. The maximum atomic E-state index is 11.3. The third-order valence-electron chi connectivity index (χ3n) is 2.41. The number of hydrogen-bond donors (Lipinski definition) is 1. The fraction of sp³-hybridized carbons (Fsp3) is 0. The summed E-state index contributed by atoms with van der Waals surface area (Å²) in [7, 11) is -4.54. The van der Waals surface area contributed by atoms with Crippen LogP contribution in [0.15, 0.2) is 52.5 Å². The van der Waals surface area contributed by atoms with Crippen LogP contribution in [0.2, 0.25) is 5.02 Å². The van der Waals surface area contributed by atoms with Gasteiger partial charge in [-0.25, -0.2) is 0 Å². The Morgan fingerprint density at radius 1 is 1.14 bits per heavy atom. The normalized spacial score (nSPS) is 10.8. The van der Waals surface area contributed by atoms with Gasteiger partial charge in [-0.2, -0.15) is 8.42 Å². The van der Waals surface area contributed by atoms with Crippen LogP contribution in [0.5, 0.6) is 11.5 Å². The SMILES string of the molecule is [N-]=[N+]=Nc1ccc(Oc2ccc(Cl)cc2)cc1S(=O)(=O)O. The molecule has 9 heteroatoms. The summed E-state index contributed by atoms with van der Waals surface area (Å²) in [6, 6.07) is 10.1. The molecule has 2 rings (SSSR count). The summed E-state index contributed by atoms with van der Waals surface area (Å²) in [5.74, 6) is 0.582. The van der Waals surface area contributed by atoms with Crippen LogP contribution in [0, 0.1) is 0 Å². The summed E-state index contributed by atoms with van der Waals surface area (Å²) in [5.41, 5.74) is 8.16. The Hall–Kier alpha value is -2.25. The van der Waals surface area contributed by atoms with Crippen molar-refractivity contribution in [2.75, 3.05) is 0 Å². The zero-order valence-electron chi connectivity index (χ0n) is 10.3. The van der Waals surface area contributed by atoms with E-state index in [-0.39, 0.29) is 11.4 Å².